The van der Waals surface area contributed by atoms with Gasteiger partial charge in [-0.05, 0) is 39.3 Å². The molecule has 0 rings (SSSR count). The quantitative estimate of drug-likeness (QED) is 0.251. The molecule has 0 aromatic rings. The van der Waals surface area contributed by atoms with Gasteiger partial charge in [-0.2, -0.15) is 0 Å². The van der Waals surface area contributed by atoms with Crippen LogP contribution in [-0.4, -0.2) is 6.03 Å². The molecule has 0 fully saturated rings. The molecule has 0 bridgehead atoms. The Bertz CT molecular complexity index is 131. The molecular weight excluding hydrogens is 345 g/mol. The summed E-state index contributed by atoms with van der Waals surface area (Å²) in [4.78, 5) is 10.2. The zero-order valence-corrected chi connectivity index (χ0v) is 13.1. The summed E-state index contributed by atoms with van der Waals surface area (Å²) < 4.78 is 2.39. The van der Waals surface area contributed by atoms with Crippen molar-refractivity contribution in [3.63, 3.8) is 0 Å². The molecule has 78 valence electrons. The Labute approximate surface area is 111 Å². The number of urea groups is 1. The summed E-state index contributed by atoms with van der Waals surface area (Å²) in [7, 11) is 12.2. The van der Waals surface area contributed by atoms with Crippen molar-refractivity contribution >= 4 is 97.5 Å². The van der Waals surface area contributed by atoms with Gasteiger partial charge < -0.3 is 5.73 Å². The molecule has 0 spiro atoms. The molecule has 0 saturated heterocycles. The lowest BCUT2D eigenvalue weighted by Crippen LogP contribution is -2.21. The van der Waals surface area contributed by atoms with Crippen LogP contribution >= 0.6 is 91.4 Å². The normalized spacial score (nSPS) is 9.92. The first-order valence-corrected chi connectivity index (χ1v) is 13.5. The number of rotatable bonds is 8. The highest BCUT2D eigenvalue weighted by atomic mass is 34.0. The van der Waals surface area contributed by atoms with E-state index in [2.05, 4.69) is 16.4 Å². The fraction of sp³-hybridized carbons (Fsp3) is 0. The molecule has 3 N–H and O–H groups in total. The van der Waals surface area contributed by atoms with Crippen LogP contribution in [-0.2, 0) is 0 Å². The minimum atomic E-state index is -0.521. The Kier molecular flexibility index (Phi) is 14.8. The standard InChI is InChI=1S/CH4N2OS9/c2-1(4)3-6-8-10-12-13-11-9-7-5/h5H,(H3,2,3,4). The van der Waals surface area contributed by atoms with Gasteiger partial charge in [-0.15, -0.1) is 0 Å². The largest absolute Gasteiger partial charge is 0.351 e. The van der Waals surface area contributed by atoms with Gasteiger partial charge >= 0.3 is 6.03 Å². The molecule has 0 aliphatic carbocycles. The highest BCUT2D eigenvalue weighted by Gasteiger charge is 1.96. The van der Waals surface area contributed by atoms with E-state index < -0.39 is 6.03 Å². The molecule has 2 amide bonds. The van der Waals surface area contributed by atoms with E-state index in [4.69, 9.17) is 5.73 Å². The Balaban J connectivity index is 2.87. The van der Waals surface area contributed by atoms with Gasteiger partial charge in [0.25, 0.3) is 0 Å². The molecule has 0 atom stereocenters. The maximum atomic E-state index is 10.2. The molecular formula is CH4N2OS9. The van der Waals surface area contributed by atoms with Gasteiger partial charge in [0.15, 0.2) is 0 Å². The summed E-state index contributed by atoms with van der Waals surface area (Å²) in [6.45, 7) is 0. The van der Waals surface area contributed by atoms with Crippen molar-refractivity contribution in [3.05, 3.63) is 0 Å². The average molecular weight is 349 g/mol. The van der Waals surface area contributed by atoms with Crippen LogP contribution in [0.3, 0.4) is 0 Å². The van der Waals surface area contributed by atoms with Gasteiger partial charge in [-0.25, -0.2) is 4.79 Å². The third-order valence-corrected chi connectivity index (χ3v) is 15.3. The van der Waals surface area contributed by atoms with E-state index in [1.165, 1.54) is 30.6 Å². The molecule has 3 nitrogen and oxygen atoms in total. The van der Waals surface area contributed by atoms with Crippen molar-refractivity contribution in [2.75, 3.05) is 0 Å². The second-order valence-corrected chi connectivity index (χ2v) is 14.5. The minimum absolute atomic E-state index is 0.521. The van der Waals surface area contributed by atoms with Crippen LogP contribution in [0.5, 0.6) is 0 Å². The Hall–Kier alpha value is 2.42. The van der Waals surface area contributed by atoms with Gasteiger partial charge in [-0.1, -0.05) is 11.7 Å². The van der Waals surface area contributed by atoms with E-state index in [0.717, 1.165) is 0 Å². The smallest absolute Gasteiger partial charge is 0.322 e. The fourth-order valence-corrected chi connectivity index (χ4v) is 16.0. The van der Waals surface area contributed by atoms with Crippen LogP contribution in [0.1, 0.15) is 0 Å². The molecule has 13 heavy (non-hydrogen) atoms. The summed E-state index contributed by atoms with van der Waals surface area (Å²) in [5.74, 6) is 0. The lowest BCUT2D eigenvalue weighted by molar-refractivity contribution is 0.254. The third-order valence-electron chi connectivity index (χ3n) is 0.346. The average Bonchev–Trinajstić information content (AvgIpc) is 2.09. The van der Waals surface area contributed by atoms with E-state index in [9.17, 15) is 4.79 Å². The van der Waals surface area contributed by atoms with Gasteiger partial charge in [0, 0.05) is 40.5 Å². The monoisotopic (exact) mass is 348 g/mol. The number of thiol groups is 1. The van der Waals surface area contributed by atoms with Crippen LogP contribution in [0.25, 0.3) is 0 Å². The Morgan fingerprint density at radius 3 is 2.15 bits per heavy atom. The first-order valence-electron chi connectivity index (χ1n) is 2.30. The number of carbonyl (C=O) groups excluding carboxylic acids is 1. The number of nitrogens with two attached hydrogens (primary N) is 1. The van der Waals surface area contributed by atoms with E-state index >= 15 is 0 Å². The van der Waals surface area contributed by atoms with Crippen LogP contribution in [0, 0.1) is 0 Å². The molecule has 0 aromatic heterocycles. The number of nitrogens with one attached hydrogen (secondary N) is 1. The lowest BCUT2D eigenvalue weighted by atomic mass is 11.2. The number of hydrogen-bond donors (Lipinski definition) is 3. The van der Waals surface area contributed by atoms with Crippen LogP contribution in [0.15, 0.2) is 0 Å². The van der Waals surface area contributed by atoms with Gasteiger partial charge in [-0.3, -0.25) is 4.72 Å². The summed E-state index contributed by atoms with van der Waals surface area (Å²) >= 11 is 3.96. The fourth-order valence-electron chi connectivity index (χ4n) is 0.130. The van der Waals surface area contributed by atoms with Crippen LogP contribution < -0.4 is 10.5 Å². The zero-order chi connectivity index (χ0) is 9.94. The molecule has 0 heterocycles. The zero-order valence-electron chi connectivity index (χ0n) is 5.70. The molecule has 0 aliphatic rings. The number of hydrogen-bond acceptors (Lipinski definition) is 10. The third kappa shape index (κ3) is 14.4. The second-order valence-electron chi connectivity index (χ2n) is 1.03. The number of primary amides is 1. The van der Waals surface area contributed by atoms with E-state index in [0.29, 0.717) is 0 Å². The first kappa shape index (κ1) is 15.4. The summed E-state index contributed by atoms with van der Waals surface area (Å²) in [5, 5.41) is 0. The molecule has 12 heteroatoms. The Morgan fingerprint density at radius 1 is 1.08 bits per heavy atom. The van der Waals surface area contributed by atoms with Crippen molar-refractivity contribution in [2.24, 2.45) is 5.73 Å². The van der Waals surface area contributed by atoms with Gasteiger partial charge in [0.1, 0.15) is 0 Å². The summed E-state index contributed by atoms with van der Waals surface area (Å²) in [6, 6.07) is -0.521. The van der Waals surface area contributed by atoms with Crippen LogP contribution in [0.4, 0.5) is 4.79 Å². The van der Waals surface area contributed by atoms with Gasteiger partial charge in [0.05, 0.1) is 0 Å². The number of amides is 2. The summed E-state index contributed by atoms with van der Waals surface area (Å²) in [6.07, 6.45) is 0. The highest BCUT2D eigenvalue weighted by molar-refractivity contribution is 9.50. The SMILES string of the molecule is NC(=O)NSSSSSSSSS. The highest BCUT2D eigenvalue weighted by Crippen LogP contribution is 2.57. The summed E-state index contributed by atoms with van der Waals surface area (Å²) in [5.41, 5.74) is 4.85. The lowest BCUT2D eigenvalue weighted by Gasteiger charge is -1.97. The molecule has 0 aromatic carbocycles. The van der Waals surface area contributed by atoms with Crippen molar-refractivity contribution < 1.29 is 4.79 Å². The molecule has 0 unspecified atom stereocenters. The van der Waals surface area contributed by atoms with Crippen molar-refractivity contribution in [2.45, 2.75) is 0 Å². The topological polar surface area (TPSA) is 55.1 Å². The minimum Gasteiger partial charge on any atom is -0.351 e. The number of carbonyl (C=O) groups is 1. The molecule has 0 aliphatic heterocycles. The van der Waals surface area contributed by atoms with Crippen LogP contribution in [0.2, 0.25) is 0 Å². The van der Waals surface area contributed by atoms with E-state index in [-0.39, 0.29) is 0 Å². The van der Waals surface area contributed by atoms with Gasteiger partial charge in [0.2, 0.25) is 0 Å². The molecule has 0 saturated carbocycles. The predicted molar refractivity (Wildman–Crippen MR) is 82.4 cm³/mol. The van der Waals surface area contributed by atoms with Crippen molar-refractivity contribution in [3.8, 4) is 0 Å². The van der Waals surface area contributed by atoms with Crippen molar-refractivity contribution in [1.82, 2.24) is 4.72 Å². The Morgan fingerprint density at radius 2 is 1.62 bits per heavy atom. The van der Waals surface area contributed by atoms with E-state index in [1.54, 1.807) is 49.1 Å². The van der Waals surface area contributed by atoms with Crippen molar-refractivity contribution in [1.29, 1.82) is 0 Å². The second kappa shape index (κ2) is 12.5. The predicted octanol–water partition coefficient (Wildman–Crippen LogP) is 4.69. The maximum absolute atomic E-state index is 10.2. The molecule has 0 radical (unpaired) electrons. The maximum Gasteiger partial charge on any atom is 0.322 e. The van der Waals surface area contributed by atoms with E-state index in [1.807, 2.05) is 0 Å². The first-order chi connectivity index (χ1) is 6.27.